The van der Waals surface area contributed by atoms with Crippen LogP contribution >= 0.6 is 12.4 Å². The van der Waals surface area contributed by atoms with Crippen LogP contribution in [0.15, 0.2) is 42.5 Å². The van der Waals surface area contributed by atoms with E-state index in [-0.39, 0.29) is 43.9 Å². The number of hydrogen-bond acceptors (Lipinski definition) is 4. The molecule has 0 unspecified atom stereocenters. The lowest BCUT2D eigenvalue weighted by atomic mass is 10.1. The highest BCUT2D eigenvalue weighted by Crippen LogP contribution is 2.33. The third-order valence-electron chi connectivity index (χ3n) is 3.58. The number of nitrogens with zero attached hydrogens (tertiary/aromatic N) is 1. The second kappa shape index (κ2) is 7.99. The van der Waals surface area contributed by atoms with Gasteiger partial charge in [0.2, 0.25) is 12.7 Å². The summed E-state index contributed by atoms with van der Waals surface area (Å²) >= 11 is 0. The van der Waals surface area contributed by atoms with E-state index in [1.54, 1.807) is 17.0 Å². The van der Waals surface area contributed by atoms with Gasteiger partial charge in [-0.3, -0.25) is 4.79 Å². The summed E-state index contributed by atoms with van der Waals surface area (Å²) in [4.78, 5) is 14.0. The molecule has 0 saturated carbocycles. The van der Waals surface area contributed by atoms with Crippen LogP contribution in [0.2, 0.25) is 0 Å². The highest BCUT2D eigenvalue weighted by molar-refractivity contribution is 5.93. The fraction of sp³-hybridized carbons (Fsp3) is 0.235. The van der Waals surface area contributed by atoms with Crippen molar-refractivity contribution < 1.29 is 18.7 Å². The smallest absolute Gasteiger partial charge is 0.231 e. The predicted octanol–water partition coefficient (Wildman–Crippen LogP) is 2.86. The first-order valence-electron chi connectivity index (χ1n) is 7.32. The molecule has 24 heavy (non-hydrogen) atoms. The lowest BCUT2D eigenvalue weighted by Crippen LogP contribution is -2.31. The molecule has 0 spiro atoms. The Kier molecular flexibility index (Phi) is 6.00. The molecule has 0 aromatic heterocycles. The minimum Gasteiger partial charge on any atom is -0.454 e. The number of nitrogens with two attached hydrogens (primary N) is 1. The third-order valence-corrected chi connectivity index (χ3v) is 3.58. The molecule has 2 aromatic carbocycles. The van der Waals surface area contributed by atoms with E-state index in [1.165, 1.54) is 12.1 Å². The second-order valence-electron chi connectivity index (χ2n) is 5.18. The van der Waals surface area contributed by atoms with Crippen LogP contribution in [0.4, 0.5) is 10.1 Å². The number of fused-ring (bicyclic) bond motifs is 1. The first-order chi connectivity index (χ1) is 11.2. The van der Waals surface area contributed by atoms with Gasteiger partial charge in [0, 0.05) is 18.7 Å². The fourth-order valence-electron chi connectivity index (χ4n) is 2.42. The van der Waals surface area contributed by atoms with Crippen LogP contribution in [0.5, 0.6) is 11.5 Å². The fourth-order valence-corrected chi connectivity index (χ4v) is 2.42. The predicted molar refractivity (Wildman–Crippen MR) is 91.1 cm³/mol. The highest BCUT2D eigenvalue weighted by atomic mass is 35.5. The maximum Gasteiger partial charge on any atom is 0.231 e. The Bertz CT molecular complexity index is 709. The van der Waals surface area contributed by atoms with Crippen molar-refractivity contribution in [1.82, 2.24) is 0 Å². The van der Waals surface area contributed by atoms with Crippen LogP contribution in [0.3, 0.4) is 0 Å². The van der Waals surface area contributed by atoms with E-state index in [9.17, 15) is 9.18 Å². The molecule has 0 fully saturated rings. The second-order valence-corrected chi connectivity index (χ2v) is 5.18. The molecule has 0 radical (unpaired) electrons. The summed E-state index contributed by atoms with van der Waals surface area (Å²) in [6, 6.07) is 11.4. The standard InChI is InChI=1S/C17H17FN2O3.ClH/c18-13-2-4-14(5-3-13)20(17(21)7-8-19)10-12-1-6-15-16(9-12)23-11-22-15;/h1-6,9H,7-8,10-11,19H2;1H. The zero-order chi connectivity index (χ0) is 16.2. The Labute approximate surface area is 145 Å². The van der Waals surface area contributed by atoms with E-state index in [4.69, 9.17) is 15.2 Å². The van der Waals surface area contributed by atoms with E-state index in [0.717, 1.165) is 5.56 Å². The molecule has 0 aliphatic carbocycles. The van der Waals surface area contributed by atoms with Crippen LogP contribution in [-0.4, -0.2) is 19.2 Å². The zero-order valence-corrected chi connectivity index (χ0v) is 13.7. The molecular weight excluding hydrogens is 335 g/mol. The quantitative estimate of drug-likeness (QED) is 0.898. The Hall–Kier alpha value is -2.31. The van der Waals surface area contributed by atoms with Crippen LogP contribution in [0.25, 0.3) is 0 Å². The minimum absolute atomic E-state index is 0. The van der Waals surface area contributed by atoms with Crippen molar-refractivity contribution in [2.24, 2.45) is 5.73 Å². The summed E-state index contributed by atoms with van der Waals surface area (Å²) < 4.78 is 23.8. The number of ether oxygens (including phenoxy) is 2. The number of hydrogen-bond donors (Lipinski definition) is 1. The van der Waals surface area contributed by atoms with E-state index in [0.29, 0.717) is 23.7 Å². The molecule has 1 aliphatic rings. The van der Waals surface area contributed by atoms with Gasteiger partial charge in [-0.2, -0.15) is 0 Å². The molecule has 7 heteroatoms. The van der Waals surface area contributed by atoms with Gasteiger partial charge in [-0.15, -0.1) is 12.4 Å². The average Bonchev–Trinajstić information content (AvgIpc) is 3.01. The molecule has 0 atom stereocenters. The van der Waals surface area contributed by atoms with Gasteiger partial charge in [0.05, 0.1) is 6.54 Å². The summed E-state index contributed by atoms with van der Waals surface area (Å²) in [6.07, 6.45) is 0.224. The largest absolute Gasteiger partial charge is 0.454 e. The average molecular weight is 353 g/mol. The maximum atomic E-state index is 13.1. The number of rotatable bonds is 5. The van der Waals surface area contributed by atoms with Gasteiger partial charge >= 0.3 is 0 Å². The molecule has 1 amide bonds. The van der Waals surface area contributed by atoms with Crippen molar-refractivity contribution in [3.8, 4) is 11.5 Å². The molecule has 5 nitrogen and oxygen atoms in total. The van der Waals surface area contributed by atoms with E-state index in [1.807, 2.05) is 18.2 Å². The van der Waals surface area contributed by atoms with Gasteiger partial charge in [-0.1, -0.05) is 6.07 Å². The van der Waals surface area contributed by atoms with Gasteiger partial charge in [-0.25, -0.2) is 4.39 Å². The summed E-state index contributed by atoms with van der Waals surface area (Å²) in [5, 5.41) is 0. The van der Waals surface area contributed by atoms with Gasteiger partial charge in [0.25, 0.3) is 0 Å². The summed E-state index contributed by atoms with van der Waals surface area (Å²) in [5.74, 6) is 0.892. The first-order valence-corrected chi connectivity index (χ1v) is 7.32. The normalized spacial score (nSPS) is 11.8. The summed E-state index contributed by atoms with van der Waals surface area (Å²) in [6.45, 7) is 0.811. The van der Waals surface area contributed by atoms with Crippen molar-refractivity contribution >= 4 is 24.0 Å². The zero-order valence-electron chi connectivity index (χ0n) is 12.9. The Morgan fingerprint density at radius 3 is 2.54 bits per heavy atom. The molecule has 2 aromatic rings. The van der Waals surface area contributed by atoms with Crippen molar-refractivity contribution in [3.05, 3.63) is 53.8 Å². The van der Waals surface area contributed by atoms with Crippen molar-refractivity contribution in [2.75, 3.05) is 18.2 Å². The number of halogens is 2. The lowest BCUT2D eigenvalue weighted by molar-refractivity contribution is -0.118. The van der Waals surface area contributed by atoms with Gasteiger partial charge in [0.1, 0.15) is 5.82 Å². The molecule has 3 rings (SSSR count). The van der Waals surface area contributed by atoms with Gasteiger partial charge in [-0.05, 0) is 42.0 Å². The molecule has 0 bridgehead atoms. The van der Waals surface area contributed by atoms with Gasteiger partial charge in [0.15, 0.2) is 11.5 Å². The van der Waals surface area contributed by atoms with Crippen LogP contribution in [0, 0.1) is 5.82 Å². The van der Waals surface area contributed by atoms with E-state index >= 15 is 0 Å². The first kappa shape index (κ1) is 18.0. The van der Waals surface area contributed by atoms with Crippen molar-refractivity contribution in [2.45, 2.75) is 13.0 Å². The Morgan fingerprint density at radius 1 is 1.12 bits per heavy atom. The molecule has 2 N–H and O–H groups in total. The highest BCUT2D eigenvalue weighted by Gasteiger charge is 2.18. The molecule has 0 saturated heterocycles. The summed E-state index contributed by atoms with van der Waals surface area (Å²) in [7, 11) is 0. The number of carbonyl (C=O) groups excluding carboxylic acids is 1. The SMILES string of the molecule is Cl.NCCC(=O)N(Cc1ccc2c(c1)OCO2)c1ccc(F)cc1. The molecule has 1 heterocycles. The lowest BCUT2D eigenvalue weighted by Gasteiger charge is -2.23. The minimum atomic E-state index is -0.344. The molecule has 128 valence electrons. The van der Waals surface area contributed by atoms with Crippen LogP contribution in [0.1, 0.15) is 12.0 Å². The molecule has 1 aliphatic heterocycles. The van der Waals surface area contributed by atoms with Crippen molar-refractivity contribution in [3.63, 3.8) is 0 Å². The molecular formula is C17H18ClFN2O3. The monoisotopic (exact) mass is 352 g/mol. The van der Waals surface area contributed by atoms with E-state index < -0.39 is 0 Å². The van der Waals surface area contributed by atoms with Crippen LogP contribution in [-0.2, 0) is 11.3 Å². The van der Waals surface area contributed by atoms with Gasteiger partial charge < -0.3 is 20.1 Å². The number of anilines is 1. The number of carbonyl (C=O) groups is 1. The van der Waals surface area contributed by atoms with E-state index in [2.05, 4.69) is 0 Å². The topological polar surface area (TPSA) is 64.8 Å². The number of benzene rings is 2. The number of amides is 1. The summed E-state index contributed by atoms with van der Waals surface area (Å²) in [5.41, 5.74) is 7.01. The third kappa shape index (κ3) is 3.96. The maximum absolute atomic E-state index is 13.1. The Morgan fingerprint density at radius 2 is 1.83 bits per heavy atom. The van der Waals surface area contributed by atoms with Crippen LogP contribution < -0.4 is 20.1 Å². The van der Waals surface area contributed by atoms with Crippen molar-refractivity contribution in [1.29, 1.82) is 0 Å². The Balaban J connectivity index is 0.00000208.